The van der Waals surface area contributed by atoms with Crippen LogP contribution in [0.3, 0.4) is 0 Å². The van der Waals surface area contributed by atoms with Crippen LogP contribution in [-0.2, 0) is 6.54 Å². The maximum Gasteiger partial charge on any atom is 0.194 e. The van der Waals surface area contributed by atoms with Gasteiger partial charge < -0.3 is 4.74 Å². The Morgan fingerprint density at radius 3 is 2.86 bits per heavy atom. The minimum atomic E-state index is 0.0264. The Balaban J connectivity index is 2.13. The van der Waals surface area contributed by atoms with Gasteiger partial charge in [0.1, 0.15) is 5.69 Å². The van der Waals surface area contributed by atoms with Crippen LogP contribution in [-0.4, -0.2) is 28.4 Å². The summed E-state index contributed by atoms with van der Waals surface area (Å²) < 4.78 is 7.97. The third-order valence-corrected chi connectivity index (χ3v) is 4.95. The van der Waals surface area contributed by atoms with E-state index in [-0.39, 0.29) is 5.78 Å². The molecule has 2 aromatic rings. The fourth-order valence-corrected chi connectivity index (χ4v) is 3.39. The van der Waals surface area contributed by atoms with Crippen LogP contribution in [0.1, 0.15) is 23.8 Å². The number of ketones is 1. The standard InChI is InChI=1S/C15H17BrN2O2S/c1-3-8-18-15(13(20-2)9-17-18)12(19)10-21-14-7-5-4-6-11(14)16/h4-7,9H,3,8,10H2,1-2H3. The molecule has 0 bridgehead atoms. The lowest BCUT2D eigenvalue weighted by atomic mass is 10.3. The summed E-state index contributed by atoms with van der Waals surface area (Å²) in [7, 11) is 1.56. The van der Waals surface area contributed by atoms with E-state index < -0.39 is 0 Å². The number of hydrogen-bond donors (Lipinski definition) is 0. The molecule has 2 rings (SSSR count). The summed E-state index contributed by atoms with van der Waals surface area (Å²) in [5, 5.41) is 4.22. The number of aromatic nitrogens is 2. The van der Waals surface area contributed by atoms with E-state index in [2.05, 4.69) is 28.0 Å². The van der Waals surface area contributed by atoms with Crippen molar-refractivity contribution in [2.75, 3.05) is 12.9 Å². The van der Waals surface area contributed by atoms with E-state index in [9.17, 15) is 4.79 Å². The number of methoxy groups -OCH3 is 1. The number of benzene rings is 1. The summed E-state index contributed by atoms with van der Waals surface area (Å²) in [5.74, 6) is 0.925. The smallest absolute Gasteiger partial charge is 0.194 e. The first-order valence-corrected chi connectivity index (χ1v) is 8.45. The quantitative estimate of drug-likeness (QED) is 0.546. The highest BCUT2D eigenvalue weighted by Crippen LogP contribution is 2.28. The van der Waals surface area contributed by atoms with Gasteiger partial charge in [0.15, 0.2) is 11.5 Å². The van der Waals surface area contributed by atoms with Crippen LogP contribution < -0.4 is 4.74 Å². The fraction of sp³-hybridized carbons (Fsp3) is 0.333. The van der Waals surface area contributed by atoms with Gasteiger partial charge in [0, 0.05) is 15.9 Å². The van der Waals surface area contributed by atoms with Gasteiger partial charge in [-0.2, -0.15) is 5.10 Å². The lowest BCUT2D eigenvalue weighted by Crippen LogP contribution is -2.13. The van der Waals surface area contributed by atoms with E-state index in [4.69, 9.17) is 4.74 Å². The average Bonchev–Trinajstić information content (AvgIpc) is 2.89. The van der Waals surface area contributed by atoms with Gasteiger partial charge in [0.25, 0.3) is 0 Å². The SMILES string of the molecule is CCCn1ncc(OC)c1C(=O)CSc1ccccc1Br. The molecule has 0 saturated carbocycles. The predicted molar refractivity (Wildman–Crippen MR) is 88.3 cm³/mol. The molecule has 0 radical (unpaired) electrons. The molecule has 0 fully saturated rings. The van der Waals surface area contributed by atoms with Crippen molar-refractivity contribution < 1.29 is 9.53 Å². The summed E-state index contributed by atoms with van der Waals surface area (Å²) in [4.78, 5) is 13.5. The zero-order valence-electron chi connectivity index (χ0n) is 12.0. The third kappa shape index (κ3) is 3.89. The first-order chi connectivity index (χ1) is 10.2. The van der Waals surface area contributed by atoms with Gasteiger partial charge in [-0.1, -0.05) is 19.1 Å². The number of hydrogen-bond acceptors (Lipinski definition) is 4. The molecule has 1 heterocycles. The van der Waals surface area contributed by atoms with E-state index in [1.165, 1.54) is 11.8 Å². The molecule has 0 saturated heterocycles. The van der Waals surface area contributed by atoms with Crippen LogP contribution in [0.4, 0.5) is 0 Å². The second-order valence-corrected chi connectivity index (χ2v) is 6.30. The van der Waals surface area contributed by atoms with E-state index in [0.29, 0.717) is 23.7 Å². The van der Waals surface area contributed by atoms with Crippen molar-refractivity contribution in [1.29, 1.82) is 0 Å². The number of Topliss-reactive ketones (excluding diaryl/α,β-unsaturated/α-hetero) is 1. The van der Waals surface area contributed by atoms with Crippen molar-refractivity contribution >= 4 is 33.5 Å². The lowest BCUT2D eigenvalue weighted by molar-refractivity contribution is 0.100. The van der Waals surface area contributed by atoms with Crippen molar-refractivity contribution in [1.82, 2.24) is 9.78 Å². The van der Waals surface area contributed by atoms with Crippen LogP contribution >= 0.6 is 27.7 Å². The van der Waals surface area contributed by atoms with Gasteiger partial charge in [0.05, 0.1) is 19.1 Å². The van der Waals surface area contributed by atoms with Gasteiger partial charge in [-0.3, -0.25) is 9.48 Å². The highest BCUT2D eigenvalue weighted by atomic mass is 79.9. The Hall–Kier alpha value is -1.27. The molecule has 0 unspecified atom stereocenters. The highest BCUT2D eigenvalue weighted by Gasteiger charge is 2.19. The van der Waals surface area contributed by atoms with Crippen LogP contribution in [0.5, 0.6) is 5.75 Å². The second kappa shape index (κ2) is 7.66. The molecule has 4 nitrogen and oxygen atoms in total. The number of ether oxygens (including phenoxy) is 1. The summed E-state index contributed by atoms with van der Waals surface area (Å²) in [6.07, 6.45) is 2.52. The monoisotopic (exact) mass is 368 g/mol. The molecule has 21 heavy (non-hydrogen) atoms. The van der Waals surface area contributed by atoms with E-state index in [0.717, 1.165) is 15.8 Å². The molecule has 1 aromatic heterocycles. The first kappa shape index (κ1) is 16.1. The Kier molecular flexibility index (Phi) is 5.87. The maximum atomic E-state index is 12.5. The van der Waals surface area contributed by atoms with Crippen molar-refractivity contribution in [3.8, 4) is 5.75 Å². The Morgan fingerprint density at radius 2 is 2.19 bits per heavy atom. The topological polar surface area (TPSA) is 44.1 Å². The summed E-state index contributed by atoms with van der Waals surface area (Å²) in [6, 6.07) is 7.87. The van der Waals surface area contributed by atoms with Gasteiger partial charge in [-0.05, 0) is 34.5 Å². The molecule has 6 heteroatoms. The normalized spacial score (nSPS) is 10.6. The lowest BCUT2D eigenvalue weighted by Gasteiger charge is -2.08. The molecular formula is C15H17BrN2O2S. The maximum absolute atomic E-state index is 12.5. The van der Waals surface area contributed by atoms with Gasteiger partial charge in [0.2, 0.25) is 0 Å². The molecule has 0 atom stereocenters. The van der Waals surface area contributed by atoms with E-state index in [1.54, 1.807) is 18.0 Å². The number of carbonyl (C=O) groups excluding carboxylic acids is 1. The van der Waals surface area contributed by atoms with Crippen molar-refractivity contribution in [3.63, 3.8) is 0 Å². The van der Waals surface area contributed by atoms with Crippen LogP contribution in [0.2, 0.25) is 0 Å². The molecule has 0 N–H and O–H groups in total. The molecule has 0 aliphatic heterocycles. The Morgan fingerprint density at radius 1 is 1.43 bits per heavy atom. The zero-order chi connectivity index (χ0) is 15.2. The van der Waals surface area contributed by atoms with Gasteiger partial charge >= 0.3 is 0 Å². The van der Waals surface area contributed by atoms with Crippen molar-refractivity contribution in [2.45, 2.75) is 24.8 Å². The Labute approximate surface area is 137 Å². The van der Waals surface area contributed by atoms with Crippen LogP contribution in [0.15, 0.2) is 39.8 Å². The highest BCUT2D eigenvalue weighted by molar-refractivity contribution is 9.10. The summed E-state index contributed by atoms with van der Waals surface area (Å²) >= 11 is 4.99. The second-order valence-electron chi connectivity index (χ2n) is 4.43. The molecule has 1 aromatic carbocycles. The minimum absolute atomic E-state index is 0.0264. The molecule has 0 spiro atoms. The molecular weight excluding hydrogens is 352 g/mol. The summed E-state index contributed by atoms with van der Waals surface area (Å²) in [6.45, 7) is 2.77. The fourth-order valence-electron chi connectivity index (χ4n) is 1.95. The number of aryl methyl sites for hydroxylation is 1. The molecule has 0 amide bonds. The van der Waals surface area contributed by atoms with Gasteiger partial charge in [-0.15, -0.1) is 11.8 Å². The number of rotatable bonds is 7. The first-order valence-electron chi connectivity index (χ1n) is 6.67. The zero-order valence-corrected chi connectivity index (χ0v) is 14.4. The number of halogens is 1. The third-order valence-electron chi connectivity index (χ3n) is 2.92. The minimum Gasteiger partial charge on any atom is -0.493 e. The number of nitrogens with zero attached hydrogens (tertiary/aromatic N) is 2. The molecule has 0 aliphatic rings. The van der Waals surface area contributed by atoms with Crippen LogP contribution in [0, 0.1) is 0 Å². The Bertz CT molecular complexity index is 628. The van der Waals surface area contributed by atoms with Crippen molar-refractivity contribution in [3.05, 3.63) is 40.6 Å². The average molecular weight is 369 g/mol. The largest absolute Gasteiger partial charge is 0.493 e. The van der Waals surface area contributed by atoms with Crippen molar-refractivity contribution in [2.24, 2.45) is 0 Å². The van der Waals surface area contributed by atoms with Crippen LogP contribution in [0.25, 0.3) is 0 Å². The number of carbonyl (C=O) groups is 1. The van der Waals surface area contributed by atoms with Gasteiger partial charge in [-0.25, -0.2) is 0 Å². The molecule has 0 aliphatic carbocycles. The number of thioether (sulfide) groups is 1. The summed E-state index contributed by atoms with van der Waals surface area (Å²) in [5.41, 5.74) is 0.555. The van der Waals surface area contributed by atoms with E-state index in [1.807, 2.05) is 24.3 Å². The molecule has 112 valence electrons. The predicted octanol–water partition coefficient (Wildman–Crippen LogP) is 4.04. The van der Waals surface area contributed by atoms with E-state index >= 15 is 0 Å².